The summed E-state index contributed by atoms with van der Waals surface area (Å²) in [4.78, 5) is 0. The lowest BCUT2D eigenvalue weighted by Crippen LogP contribution is -2.15. The lowest BCUT2D eigenvalue weighted by atomic mass is 9.79. The Hall–Kier alpha value is -1.30. The average molecular weight is 226 g/mol. The van der Waals surface area contributed by atoms with Crippen LogP contribution in [0.3, 0.4) is 0 Å². The topological polar surface area (TPSA) is 0 Å². The molecular weight excluding hydrogens is 204 g/mol. The van der Waals surface area contributed by atoms with E-state index in [1.165, 1.54) is 34.7 Å². The molecule has 0 unspecified atom stereocenters. The Labute approximate surface area is 105 Å². The van der Waals surface area contributed by atoms with Crippen LogP contribution < -0.4 is 0 Å². The Kier molecular flexibility index (Phi) is 3.24. The maximum absolute atomic E-state index is 2.31. The minimum atomic E-state index is 0.214. The monoisotopic (exact) mass is 226 g/mol. The van der Waals surface area contributed by atoms with Gasteiger partial charge in [-0.1, -0.05) is 70.5 Å². The highest BCUT2D eigenvalue weighted by atomic mass is 14.2. The highest BCUT2D eigenvalue weighted by Gasteiger charge is 2.20. The maximum Gasteiger partial charge on any atom is -0.0123 e. The van der Waals surface area contributed by atoms with Gasteiger partial charge in [0.15, 0.2) is 0 Å². The molecule has 0 fully saturated rings. The first kappa shape index (κ1) is 12.2. The van der Waals surface area contributed by atoms with Crippen molar-refractivity contribution < 1.29 is 0 Å². The number of fused-ring (bicyclic) bond motifs is 1. The second-order valence-electron chi connectivity index (χ2n) is 5.82. The van der Waals surface area contributed by atoms with Crippen LogP contribution in [-0.4, -0.2) is 0 Å². The van der Waals surface area contributed by atoms with Crippen molar-refractivity contribution in [3.05, 3.63) is 47.5 Å². The SMILES string of the molecule is CCCc1ccc2ccccc2c1C(C)(C)C. The summed E-state index contributed by atoms with van der Waals surface area (Å²) in [7, 11) is 0. The van der Waals surface area contributed by atoms with E-state index in [0.29, 0.717) is 0 Å². The maximum atomic E-state index is 2.31. The Balaban J connectivity index is 2.75. The van der Waals surface area contributed by atoms with Crippen LogP contribution in [0.1, 0.15) is 45.2 Å². The summed E-state index contributed by atoms with van der Waals surface area (Å²) in [5, 5.41) is 2.78. The fourth-order valence-corrected chi connectivity index (χ4v) is 2.68. The molecule has 0 N–H and O–H groups in total. The van der Waals surface area contributed by atoms with Crippen molar-refractivity contribution in [2.75, 3.05) is 0 Å². The Morgan fingerprint density at radius 2 is 1.65 bits per heavy atom. The van der Waals surface area contributed by atoms with E-state index in [-0.39, 0.29) is 5.41 Å². The van der Waals surface area contributed by atoms with E-state index < -0.39 is 0 Å². The van der Waals surface area contributed by atoms with Gasteiger partial charge in [0.05, 0.1) is 0 Å². The fraction of sp³-hybridized carbons (Fsp3) is 0.412. The first-order valence-corrected chi connectivity index (χ1v) is 6.55. The van der Waals surface area contributed by atoms with E-state index in [1.807, 2.05) is 0 Å². The first-order chi connectivity index (χ1) is 8.04. The second-order valence-corrected chi connectivity index (χ2v) is 5.82. The van der Waals surface area contributed by atoms with Crippen LogP contribution >= 0.6 is 0 Å². The molecule has 0 radical (unpaired) electrons. The van der Waals surface area contributed by atoms with Crippen LogP contribution in [0.25, 0.3) is 10.8 Å². The summed E-state index contributed by atoms with van der Waals surface area (Å²) < 4.78 is 0. The molecule has 0 aliphatic carbocycles. The molecular formula is C17H22. The number of aryl methyl sites for hydroxylation is 1. The number of hydrogen-bond acceptors (Lipinski definition) is 0. The van der Waals surface area contributed by atoms with Crippen LogP contribution in [0.15, 0.2) is 36.4 Å². The second kappa shape index (κ2) is 4.52. The zero-order valence-corrected chi connectivity index (χ0v) is 11.4. The van der Waals surface area contributed by atoms with Crippen LogP contribution in [0.4, 0.5) is 0 Å². The van der Waals surface area contributed by atoms with Crippen molar-refractivity contribution in [3.63, 3.8) is 0 Å². The van der Waals surface area contributed by atoms with Gasteiger partial charge in [-0.2, -0.15) is 0 Å². The molecule has 90 valence electrons. The van der Waals surface area contributed by atoms with E-state index in [2.05, 4.69) is 64.1 Å². The lowest BCUT2D eigenvalue weighted by molar-refractivity contribution is 0.587. The van der Waals surface area contributed by atoms with E-state index in [9.17, 15) is 0 Å². The van der Waals surface area contributed by atoms with Gasteiger partial charge >= 0.3 is 0 Å². The lowest BCUT2D eigenvalue weighted by Gasteiger charge is -2.25. The van der Waals surface area contributed by atoms with Gasteiger partial charge in [0.2, 0.25) is 0 Å². The number of hydrogen-bond donors (Lipinski definition) is 0. The number of benzene rings is 2. The van der Waals surface area contributed by atoms with E-state index in [1.54, 1.807) is 0 Å². The average Bonchev–Trinajstić information content (AvgIpc) is 2.27. The molecule has 0 aliphatic rings. The molecule has 0 saturated carbocycles. The van der Waals surface area contributed by atoms with Gasteiger partial charge in [-0.3, -0.25) is 0 Å². The molecule has 0 aliphatic heterocycles. The van der Waals surface area contributed by atoms with E-state index in [0.717, 1.165) is 0 Å². The van der Waals surface area contributed by atoms with E-state index in [4.69, 9.17) is 0 Å². The van der Waals surface area contributed by atoms with Crippen LogP contribution in [0.5, 0.6) is 0 Å². The van der Waals surface area contributed by atoms with Gasteiger partial charge in [-0.15, -0.1) is 0 Å². The summed E-state index contributed by atoms with van der Waals surface area (Å²) in [5.41, 5.74) is 3.25. The standard InChI is InChI=1S/C17H22/c1-5-8-14-12-11-13-9-6-7-10-15(13)16(14)17(2,3)4/h6-7,9-12H,5,8H2,1-4H3. The summed E-state index contributed by atoms with van der Waals surface area (Å²) >= 11 is 0. The molecule has 0 heteroatoms. The van der Waals surface area contributed by atoms with Crippen molar-refractivity contribution >= 4 is 10.8 Å². The third-order valence-corrected chi connectivity index (χ3v) is 3.28. The predicted octanol–water partition coefficient (Wildman–Crippen LogP) is 5.09. The molecule has 2 aromatic rings. The minimum absolute atomic E-state index is 0.214. The van der Waals surface area contributed by atoms with Crippen LogP contribution in [-0.2, 0) is 11.8 Å². The molecule has 0 spiro atoms. The van der Waals surface area contributed by atoms with Crippen molar-refractivity contribution in [2.24, 2.45) is 0 Å². The Morgan fingerprint density at radius 1 is 0.941 bits per heavy atom. The highest BCUT2D eigenvalue weighted by molar-refractivity contribution is 5.87. The van der Waals surface area contributed by atoms with Crippen molar-refractivity contribution in [2.45, 2.75) is 46.0 Å². The molecule has 0 aromatic heterocycles. The third kappa shape index (κ3) is 2.36. The largest absolute Gasteiger partial charge is 0.0651 e. The van der Waals surface area contributed by atoms with Crippen LogP contribution in [0, 0.1) is 0 Å². The summed E-state index contributed by atoms with van der Waals surface area (Å²) in [6.45, 7) is 9.19. The molecule has 0 nitrogen and oxygen atoms in total. The number of rotatable bonds is 2. The molecule has 0 amide bonds. The molecule has 2 aromatic carbocycles. The molecule has 0 atom stereocenters. The van der Waals surface area contributed by atoms with Gasteiger partial charge in [0.25, 0.3) is 0 Å². The highest BCUT2D eigenvalue weighted by Crippen LogP contribution is 2.33. The van der Waals surface area contributed by atoms with Gasteiger partial charge in [-0.05, 0) is 33.7 Å². The quantitative estimate of drug-likeness (QED) is 0.669. The first-order valence-electron chi connectivity index (χ1n) is 6.55. The van der Waals surface area contributed by atoms with E-state index >= 15 is 0 Å². The zero-order chi connectivity index (χ0) is 12.5. The van der Waals surface area contributed by atoms with Crippen LogP contribution in [0.2, 0.25) is 0 Å². The van der Waals surface area contributed by atoms with Gasteiger partial charge < -0.3 is 0 Å². The van der Waals surface area contributed by atoms with Gasteiger partial charge in [0.1, 0.15) is 0 Å². The van der Waals surface area contributed by atoms with Gasteiger partial charge in [-0.25, -0.2) is 0 Å². The predicted molar refractivity (Wildman–Crippen MR) is 76.6 cm³/mol. The van der Waals surface area contributed by atoms with Crippen molar-refractivity contribution in [1.82, 2.24) is 0 Å². The normalized spacial score (nSPS) is 12.0. The van der Waals surface area contributed by atoms with Gasteiger partial charge in [0, 0.05) is 0 Å². The Bertz CT molecular complexity index is 515. The summed E-state index contributed by atoms with van der Waals surface area (Å²) in [6, 6.07) is 13.3. The smallest absolute Gasteiger partial charge is 0.0123 e. The molecule has 17 heavy (non-hydrogen) atoms. The zero-order valence-electron chi connectivity index (χ0n) is 11.4. The fourth-order valence-electron chi connectivity index (χ4n) is 2.68. The molecule has 0 saturated heterocycles. The van der Waals surface area contributed by atoms with Crippen molar-refractivity contribution in [1.29, 1.82) is 0 Å². The summed E-state index contributed by atoms with van der Waals surface area (Å²) in [6.07, 6.45) is 2.39. The third-order valence-electron chi connectivity index (χ3n) is 3.28. The summed E-state index contributed by atoms with van der Waals surface area (Å²) in [5.74, 6) is 0. The minimum Gasteiger partial charge on any atom is -0.0651 e. The van der Waals surface area contributed by atoms with Crippen molar-refractivity contribution in [3.8, 4) is 0 Å². The molecule has 0 heterocycles. The molecule has 2 rings (SSSR count). The Morgan fingerprint density at radius 3 is 2.29 bits per heavy atom. The molecule has 0 bridgehead atoms.